The number of carbonyl (C=O) groups is 2. The van der Waals surface area contributed by atoms with Crippen molar-refractivity contribution < 1.29 is 14.3 Å². The minimum atomic E-state index is -0.527. The van der Waals surface area contributed by atoms with Gasteiger partial charge in [0.15, 0.2) is 0 Å². The molecule has 0 fully saturated rings. The summed E-state index contributed by atoms with van der Waals surface area (Å²) in [5.74, 6) is -0.923. The summed E-state index contributed by atoms with van der Waals surface area (Å²) in [7, 11) is 0. The Morgan fingerprint density at radius 2 is 2.19 bits per heavy atom. The van der Waals surface area contributed by atoms with Crippen molar-refractivity contribution in [2.45, 2.75) is 13.8 Å². The van der Waals surface area contributed by atoms with E-state index in [1.165, 1.54) is 5.38 Å². The third kappa shape index (κ3) is 3.59. The van der Waals surface area contributed by atoms with Gasteiger partial charge in [0.2, 0.25) is 5.01 Å². The standard InChI is InChI=1S/C14H13ClN2O3S/c1-3-20-14(19)13-17-11(7-21-13)12(18)16-10-6-4-5-9(15)8(10)2/h4-7H,3H2,1-2H3,(H,16,18). The monoisotopic (exact) mass is 324 g/mol. The van der Waals surface area contributed by atoms with Gasteiger partial charge in [0.1, 0.15) is 5.69 Å². The van der Waals surface area contributed by atoms with Crippen molar-refractivity contribution in [2.24, 2.45) is 0 Å². The molecule has 1 aromatic heterocycles. The van der Waals surface area contributed by atoms with Crippen LogP contribution in [0.2, 0.25) is 5.02 Å². The van der Waals surface area contributed by atoms with Crippen LogP contribution in [-0.4, -0.2) is 23.5 Å². The number of halogens is 1. The zero-order chi connectivity index (χ0) is 15.4. The minimum Gasteiger partial charge on any atom is -0.461 e. The summed E-state index contributed by atoms with van der Waals surface area (Å²) in [5, 5.41) is 4.96. The molecule has 0 spiro atoms. The highest BCUT2D eigenvalue weighted by atomic mass is 35.5. The Balaban J connectivity index is 2.14. The minimum absolute atomic E-state index is 0.157. The molecule has 1 heterocycles. The van der Waals surface area contributed by atoms with Crippen LogP contribution in [-0.2, 0) is 4.74 Å². The highest BCUT2D eigenvalue weighted by molar-refractivity contribution is 7.11. The first-order chi connectivity index (χ1) is 10.0. The van der Waals surface area contributed by atoms with Gasteiger partial charge in [0, 0.05) is 16.1 Å². The largest absolute Gasteiger partial charge is 0.461 e. The predicted molar refractivity (Wildman–Crippen MR) is 82.2 cm³/mol. The summed E-state index contributed by atoms with van der Waals surface area (Å²) in [6.45, 7) is 3.78. The van der Waals surface area contributed by atoms with Crippen LogP contribution in [0.25, 0.3) is 0 Å². The number of aromatic nitrogens is 1. The molecule has 1 amide bonds. The lowest BCUT2D eigenvalue weighted by molar-refractivity contribution is 0.0526. The van der Waals surface area contributed by atoms with Gasteiger partial charge >= 0.3 is 5.97 Å². The average Bonchev–Trinajstić information content (AvgIpc) is 2.94. The predicted octanol–water partition coefficient (Wildman–Crippen LogP) is 3.53. The van der Waals surface area contributed by atoms with E-state index in [0.29, 0.717) is 10.7 Å². The number of rotatable bonds is 4. The molecule has 2 rings (SSSR count). The number of thiazole rings is 1. The second-order valence-electron chi connectivity index (χ2n) is 4.12. The van der Waals surface area contributed by atoms with Gasteiger partial charge in [0.25, 0.3) is 5.91 Å². The van der Waals surface area contributed by atoms with Gasteiger partial charge in [0.05, 0.1) is 6.61 Å². The summed E-state index contributed by atoms with van der Waals surface area (Å²) in [5.41, 5.74) is 1.55. The Morgan fingerprint density at radius 1 is 1.43 bits per heavy atom. The molecule has 0 aliphatic carbocycles. The van der Waals surface area contributed by atoms with E-state index in [9.17, 15) is 9.59 Å². The molecular weight excluding hydrogens is 312 g/mol. The van der Waals surface area contributed by atoms with E-state index in [2.05, 4.69) is 10.3 Å². The first kappa shape index (κ1) is 15.5. The molecule has 2 aromatic rings. The van der Waals surface area contributed by atoms with Crippen molar-refractivity contribution in [1.82, 2.24) is 4.98 Å². The maximum atomic E-state index is 12.1. The normalized spacial score (nSPS) is 10.2. The summed E-state index contributed by atoms with van der Waals surface area (Å²) in [4.78, 5) is 27.6. The molecular formula is C14H13ClN2O3S. The molecule has 21 heavy (non-hydrogen) atoms. The molecule has 0 bridgehead atoms. The van der Waals surface area contributed by atoms with E-state index in [4.69, 9.17) is 16.3 Å². The quantitative estimate of drug-likeness (QED) is 0.873. The van der Waals surface area contributed by atoms with E-state index in [1.54, 1.807) is 25.1 Å². The molecule has 0 saturated carbocycles. The highest BCUT2D eigenvalue weighted by Crippen LogP contribution is 2.23. The first-order valence-corrected chi connectivity index (χ1v) is 7.47. The van der Waals surface area contributed by atoms with Gasteiger partial charge in [-0.3, -0.25) is 4.79 Å². The zero-order valence-electron chi connectivity index (χ0n) is 11.5. The number of hydrogen-bond acceptors (Lipinski definition) is 5. The number of anilines is 1. The number of carbonyl (C=O) groups excluding carboxylic acids is 2. The smallest absolute Gasteiger partial charge is 0.367 e. The molecule has 5 nitrogen and oxygen atoms in total. The molecule has 7 heteroatoms. The molecule has 0 atom stereocenters. The third-order valence-electron chi connectivity index (χ3n) is 2.70. The van der Waals surface area contributed by atoms with Crippen molar-refractivity contribution >= 4 is 40.5 Å². The second-order valence-corrected chi connectivity index (χ2v) is 5.39. The summed E-state index contributed by atoms with van der Waals surface area (Å²) in [6.07, 6.45) is 0. The Bertz CT molecular complexity index is 685. The van der Waals surface area contributed by atoms with Crippen LogP contribution in [0.1, 0.15) is 32.8 Å². The van der Waals surface area contributed by atoms with E-state index >= 15 is 0 Å². The van der Waals surface area contributed by atoms with Crippen LogP contribution in [0, 0.1) is 6.92 Å². The maximum Gasteiger partial charge on any atom is 0.367 e. The Hall–Kier alpha value is -1.92. The van der Waals surface area contributed by atoms with Crippen LogP contribution >= 0.6 is 22.9 Å². The molecule has 1 aromatic carbocycles. The molecule has 0 aliphatic rings. The maximum absolute atomic E-state index is 12.1. The average molecular weight is 325 g/mol. The lowest BCUT2D eigenvalue weighted by Crippen LogP contribution is -2.14. The molecule has 110 valence electrons. The van der Waals surface area contributed by atoms with Gasteiger partial charge in [-0.1, -0.05) is 17.7 Å². The fourth-order valence-corrected chi connectivity index (χ4v) is 2.46. The van der Waals surface area contributed by atoms with Crippen molar-refractivity contribution in [3.05, 3.63) is 44.9 Å². The molecule has 0 aliphatic heterocycles. The van der Waals surface area contributed by atoms with Gasteiger partial charge in [-0.25, -0.2) is 9.78 Å². The van der Waals surface area contributed by atoms with E-state index in [1.807, 2.05) is 6.92 Å². The number of nitrogens with one attached hydrogen (secondary N) is 1. The van der Waals surface area contributed by atoms with Crippen molar-refractivity contribution in [1.29, 1.82) is 0 Å². The summed E-state index contributed by atoms with van der Waals surface area (Å²) >= 11 is 7.07. The summed E-state index contributed by atoms with van der Waals surface area (Å²) in [6, 6.07) is 5.24. The number of ether oxygens (including phenoxy) is 1. The van der Waals surface area contributed by atoms with Crippen LogP contribution in [0.3, 0.4) is 0 Å². The van der Waals surface area contributed by atoms with Crippen LogP contribution in [0.15, 0.2) is 23.6 Å². The lowest BCUT2D eigenvalue weighted by Gasteiger charge is -2.07. The highest BCUT2D eigenvalue weighted by Gasteiger charge is 2.17. The molecule has 1 N–H and O–H groups in total. The lowest BCUT2D eigenvalue weighted by atomic mass is 10.2. The number of nitrogens with zero attached hydrogens (tertiary/aromatic N) is 1. The van der Waals surface area contributed by atoms with Crippen molar-refractivity contribution in [3.8, 4) is 0 Å². The molecule has 0 saturated heterocycles. The molecule has 0 radical (unpaired) electrons. The Morgan fingerprint density at radius 3 is 2.90 bits per heavy atom. The van der Waals surface area contributed by atoms with Gasteiger partial charge < -0.3 is 10.1 Å². The fourth-order valence-electron chi connectivity index (χ4n) is 1.59. The van der Waals surface area contributed by atoms with Gasteiger partial charge in [-0.05, 0) is 31.5 Å². The number of hydrogen-bond donors (Lipinski definition) is 1. The van der Waals surface area contributed by atoms with Crippen LogP contribution in [0.4, 0.5) is 5.69 Å². The Kier molecular flexibility index (Phi) is 4.93. The number of amides is 1. The Labute approximate surface area is 130 Å². The summed E-state index contributed by atoms with van der Waals surface area (Å²) < 4.78 is 4.83. The number of esters is 1. The third-order valence-corrected chi connectivity index (χ3v) is 3.93. The molecule has 0 unspecified atom stereocenters. The van der Waals surface area contributed by atoms with E-state index in [-0.39, 0.29) is 17.3 Å². The van der Waals surface area contributed by atoms with Crippen LogP contribution in [0.5, 0.6) is 0 Å². The first-order valence-electron chi connectivity index (χ1n) is 6.22. The fraction of sp³-hybridized carbons (Fsp3) is 0.214. The van der Waals surface area contributed by atoms with E-state index in [0.717, 1.165) is 16.9 Å². The van der Waals surface area contributed by atoms with Gasteiger partial charge in [-0.15, -0.1) is 11.3 Å². The number of benzene rings is 1. The van der Waals surface area contributed by atoms with Crippen LogP contribution < -0.4 is 5.32 Å². The second kappa shape index (κ2) is 6.69. The van der Waals surface area contributed by atoms with Crippen molar-refractivity contribution in [2.75, 3.05) is 11.9 Å². The van der Waals surface area contributed by atoms with E-state index < -0.39 is 11.9 Å². The SMILES string of the molecule is CCOC(=O)c1nc(C(=O)Nc2cccc(Cl)c2C)cs1. The van der Waals surface area contributed by atoms with Crippen molar-refractivity contribution in [3.63, 3.8) is 0 Å². The van der Waals surface area contributed by atoms with Gasteiger partial charge in [-0.2, -0.15) is 0 Å². The topological polar surface area (TPSA) is 68.3 Å². The zero-order valence-corrected chi connectivity index (χ0v) is 13.0.